The number of piperidine rings is 1. The number of aromatic nitrogens is 2. The van der Waals surface area contributed by atoms with E-state index in [1.807, 2.05) is 6.07 Å². The SMILES string of the molecule is O=C(NCC1CCN(c2ncccn2)CC1)NCC1CCCO1. The molecule has 2 saturated heterocycles. The van der Waals surface area contributed by atoms with E-state index in [0.29, 0.717) is 12.5 Å². The van der Waals surface area contributed by atoms with Crippen molar-refractivity contribution in [2.75, 3.05) is 37.7 Å². The van der Waals surface area contributed by atoms with Gasteiger partial charge in [-0.1, -0.05) is 0 Å². The van der Waals surface area contributed by atoms with Gasteiger partial charge in [-0.15, -0.1) is 0 Å². The molecule has 2 N–H and O–H groups in total. The second kappa shape index (κ2) is 8.10. The third kappa shape index (κ3) is 4.79. The van der Waals surface area contributed by atoms with Crippen LogP contribution in [0.3, 0.4) is 0 Å². The lowest BCUT2D eigenvalue weighted by atomic mass is 9.97. The number of amides is 2. The highest BCUT2D eigenvalue weighted by atomic mass is 16.5. The lowest BCUT2D eigenvalue weighted by molar-refractivity contribution is 0.111. The summed E-state index contributed by atoms with van der Waals surface area (Å²) in [5.41, 5.74) is 0. The van der Waals surface area contributed by atoms with Gasteiger partial charge in [0, 0.05) is 45.2 Å². The third-order valence-corrected chi connectivity index (χ3v) is 4.52. The fourth-order valence-corrected chi connectivity index (χ4v) is 3.10. The normalized spacial score (nSPS) is 22.1. The van der Waals surface area contributed by atoms with Crippen LogP contribution in [-0.2, 0) is 4.74 Å². The van der Waals surface area contributed by atoms with Gasteiger partial charge in [0.25, 0.3) is 0 Å². The molecule has 0 spiro atoms. The van der Waals surface area contributed by atoms with Gasteiger partial charge >= 0.3 is 6.03 Å². The van der Waals surface area contributed by atoms with Crippen molar-refractivity contribution >= 4 is 12.0 Å². The average Bonchev–Trinajstić information content (AvgIpc) is 3.13. The van der Waals surface area contributed by atoms with Crippen LogP contribution in [0.2, 0.25) is 0 Å². The maximum absolute atomic E-state index is 11.8. The molecule has 2 fully saturated rings. The molecule has 1 aromatic heterocycles. The summed E-state index contributed by atoms with van der Waals surface area (Å²) in [5, 5.41) is 5.87. The lowest BCUT2D eigenvalue weighted by Crippen LogP contribution is -2.44. The van der Waals surface area contributed by atoms with E-state index in [2.05, 4.69) is 25.5 Å². The molecule has 3 rings (SSSR count). The van der Waals surface area contributed by atoms with Crippen LogP contribution in [0.5, 0.6) is 0 Å². The Kier molecular flexibility index (Phi) is 5.63. The van der Waals surface area contributed by atoms with E-state index in [9.17, 15) is 4.79 Å². The minimum absolute atomic E-state index is 0.0886. The molecule has 0 radical (unpaired) electrons. The Balaban J connectivity index is 1.32. The van der Waals surface area contributed by atoms with Crippen molar-refractivity contribution in [1.29, 1.82) is 0 Å². The second-order valence-corrected chi connectivity index (χ2v) is 6.21. The van der Waals surface area contributed by atoms with Crippen LogP contribution in [0.15, 0.2) is 18.5 Å². The van der Waals surface area contributed by atoms with Crippen molar-refractivity contribution < 1.29 is 9.53 Å². The van der Waals surface area contributed by atoms with Crippen molar-refractivity contribution in [3.05, 3.63) is 18.5 Å². The number of urea groups is 1. The smallest absolute Gasteiger partial charge is 0.314 e. The van der Waals surface area contributed by atoms with Crippen molar-refractivity contribution in [3.63, 3.8) is 0 Å². The zero-order valence-electron chi connectivity index (χ0n) is 13.4. The van der Waals surface area contributed by atoms with Crippen LogP contribution < -0.4 is 15.5 Å². The van der Waals surface area contributed by atoms with Gasteiger partial charge in [0.1, 0.15) is 0 Å². The predicted octanol–water partition coefficient (Wildman–Crippen LogP) is 1.17. The molecule has 7 nitrogen and oxygen atoms in total. The monoisotopic (exact) mass is 319 g/mol. The second-order valence-electron chi connectivity index (χ2n) is 6.21. The molecule has 2 aliphatic rings. The molecule has 0 saturated carbocycles. The van der Waals surface area contributed by atoms with Gasteiger partial charge in [-0.3, -0.25) is 0 Å². The van der Waals surface area contributed by atoms with E-state index in [0.717, 1.165) is 57.9 Å². The Labute approximate surface area is 136 Å². The van der Waals surface area contributed by atoms with Crippen molar-refractivity contribution in [3.8, 4) is 0 Å². The minimum atomic E-state index is -0.0886. The number of nitrogens with zero attached hydrogens (tertiary/aromatic N) is 3. The highest BCUT2D eigenvalue weighted by Gasteiger charge is 2.21. The van der Waals surface area contributed by atoms with Crippen LogP contribution in [0.25, 0.3) is 0 Å². The molecule has 23 heavy (non-hydrogen) atoms. The topological polar surface area (TPSA) is 79.4 Å². The van der Waals surface area contributed by atoms with Gasteiger partial charge < -0.3 is 20.3 Å². The first-order valence-electron chi connectivity index (χ1n) is 8.46. The van der Waals surface area contributed by atoms with Gasteiger partial charge in [-0.05, 0) is 37.7 Å². The molecule has 1 unspecified atom stereocenters. The number of hydrogen-bond donors (Lipinski definition) is 2. The number of carbonyl (C=O) groups excluding carboxylic acids is 1. The Morgan fingerprint density at radius 1 is 1.17 bits per heavy atom. The zero-order valence-corrected chi connectivity index (χ0v) is 13.4. The highest BCUT2D eigenvalue weighted by molar-refractivity contribution is 5.73. The molecule has 2 amide bonds. The van der Waals surface area contributed by atoms with Crippen molar-refractivity contribution in [2.45, 2.75) is 31.8 Å². The predicted molar refractivity (Wildman–Crippen MR) is 87.3 cm³/mol. The molecule has 0 aliphatic carbocycles. The molecule has 0 aromatic carbocycles. The summed E-state index contributed by atoms with van der Waals surface area (Å²) < 4.78 is 5.49. The maximum Gasteiger partial charge on any atom is 0.314 e. The number of hydrogen-bond acceptors (Lipinski definition) is 5. The number of rotatable bonds is 5. The third-order valence-electron chi connectivity index (χ3n) is 4.52. The fraction of sp³-hybridized carbons (Fsp3) is 0.688. The first-order chi connectivity index (χ1) is 11.3. The van der Waals surface area contributed by atoms with Gasteiger partial charge in [-0.25, -0.2) is 14.8 Å². The first-order valence-corrected chi connectivity index (χ1v) is 8.46. The summed E-state index contributed by atoms with van der Waals surface area (Å²) in [6.45, 7) is 4.02. The van der Waals surface area contributed by atoms with Crippen LogP contribution in [0.1, 0.15) is 25.7 Å². The van der Waals surface area contributed by atoms with E-state index in [4.69, 9.17) is 4.74 Å². The number of ether oxygens (including phenoxy) is 1. The molecule has 0 bridgehead atoms. The molecule has 126 valence electrons. The van der Waals surface area contributed by atoms with Gasteiger partial charge in [-0.2, -0.15) is 0 Å². The van der Waals surface area contributed by atoms with E-state index in [-0.39, 0.29) is 12.1 Å². The minimum Gasteiger partial charge on any atom is -0.376 e. The molecular formula is C16H25N5O2. The van der Waals surface area contributed by atoms with E-state index in [1.165, 1.54) is 0 Å². The fourth-order valence-electron chi connectivity index (χ4n) is 3.10. The summed E-state index contributed by atoms with van der Waals surface area (Å²) >= 11 is 0. The Morgan fingerprint density at radius 2 is 1.91 bits per heavy atom. The van der Waals surface area contributed by atoms with Crippen LogP contribution in [0.4, 0.5) is 10.7 Å². The molecule has 3 heterocycles. The van der Waals surface area contributed by atoms with E-state index < -0.39 is 0 Å². The summed E-state index contributed by atoms with van der Waals surface area (Å²) in [4.78, 5) is 22.6. The van der Waals surface area contributed by atoms with Crippen molar-refractivity contribution in [1.82, 2.24) is 20.6 Å². The molecule has 1 atom stereocenters. The first kappa shape index (κ1) is 16.0. The average molecular weight is 319 g/mol. The van der Waals surface area contributed by atoms with Crippen LogP contribution >= 0.6 is 0 Å². The number of nitrogens with one attached hydrogen (secondary N) is 2. The largest absolute Gasteiger partial charge is 0.376 e. The van der Waals surface area contributed by atoms with Gasteiger partial charge in [0.2, 0.25) is 5.95 Å². The van der Waals surface area contributed by atoms with E-state index >= 15 is 0 Å². The van der Waals surface area contributed by atoms with Crippen LogP contribution in [-0.4, -0.2) is 54.9 Å². The Bertz CT molecular complexity index is 485. The van der Waals surface area contributed by atoms with E-state index in [1.54, 1.807) is 12.4 Å². The zero-order chi connectivity index (χ0) is 15.9. The quantitative estimate of drug-likeness (QED) is 0.852. The number of carbonyl (C=O) groups is 1. The Hall–Kier alpha value is -1.89. The molecule has 7 heteroatoms. The highest BCUT2D eigenvalue weighted by Crippen LogP contribution is 2.19. The molecular weight excluding hydrogens is 294 g/mol. The van der Waals surface area contributed by atoms with Gasteiger partial charge in [0.05, 0.1) is 6.10 Å². The van der Waals surface area contributed by atoms with Crippen molar-refractivity contribution in [2.24, 2.45) is 5.92 Å². The molecule has 2 aliphatic heterocycles. The number of anilines is 1. The standard InChI is InChI=1S/C16H25N5O2/c22-16(20-12-14-3-1-10-23-14)19-11-13-4-8-21(9-5-13)15-17-6-2-7-18-15/h2,6-7,13-14H,1,3-5,8-12H2,(H2,19,20,22). The van der Waals surface area contributed by atoms with Gasteiger partial charge in [0.15, 0.2) is 0 Å². The lowest BCUT2D eigenvalue weighted by Gasteiger charge is -2.31. The maximum atomic E-state index is 11.8. The van der Waals surface area contributed by atoms with Crippen LogP contribution in [0, 0.1) is 5.92 Å². The summed E-state index contributed by atoms with van der Waals surface area (Å²) in [5.74, 6) is 1.32. The summed E-state index contributed by atoms with van der Waals surface area (Å²) in [7, 11) is 0. The summed E-state index contributed by atoms with van der Waals surface area (Å²) in [6.07, 6.45) is 7.96. The molecule has 1 aromatic rings. The summed E-state index contributed by atoms with van der Waals surface area (Å²) in [6, 6.07) is 1.74. The Morgan fingerprint density at radius 3 is 2.61 bits per heavy atom.